The molecule has 0 fully saturated rings. The van der Waals surface area contributed by atoms with Gasteiger partial charge in [-0.1, -0.05) is 23.7 Å². The Bertz CT molecular complexity index is 1360. The van der Waals surface area contributed by atoms with Crippen molar-refractivity contribution in [3.05, 3.63) is 71.6 Å². The number of carbonyl (C=O) groups excluding carboxylic acids is 3. The Kier molecular flexibility index (Phi) is 13.0. The summed E-state index contributed by atoms with van der Waals surface area (Å²) < 4.78 is 10.2. The highest BCUT2D eigenvalue weighted by Gasteiger charge is 2.14. The van der Waals surface area contributed by atoms with Crippen LogP contribution >= 0.6 is 11.6 Å². The molecule has 1 aromatic heterocycles. The van der Waals surface area contributed by atoms with Crippen molar-refractivity contribution in [2.45, 2.75) is 18.9 Å². The predicted octanol–water partition coefficient (Wildman–Crippen LogP) is 2.82. The number of hydrogen-bond acceptors (Lipinski definition) is 8. The fourth-order valence-electron chi connectivity index (χ4n) is 3.16. The smallest absolute Gasteiger partial charge is 0.337 e. The molecule has 0 saturated carbocycles. The van der Waals surface area contributed by atoms with Crippen molar-refractivity contribution in [1.82, 2.24) is 5.32 Å². The van der Waals surface area contributed by atoms with Crippen molar-refractivity contribution in [2.75, 3.05) is 30.9 Å². The third-order valence-electron chi connectivity index (χ3n) is 5.23. The first-order valence-corrected chi connectivity index (χ1v) is 12.4. The van der Waals surface area contributed by atoms with E-state index in [2.05, 4.69) is 16.0 Å². The number of hydrogen-bond donors (Lipinski definition) is 6. The van der Waals surface area contributed by atoms with E-state index in [0.29, 0.717) is 5.69 Å². The van der Waals surface area contributed by atoms with Gasteiger partial charge in [-0.05, 0) is 48.4 Å². The number of carboxylic acid groups (broad SMARTS) is 2. The van der Waals surface area contributed by atoms with Gasteiger partial charge < -0.3 is 41.1 Å². The molecule has 0 aliphatic heterocycles. The van der Waals surface area contributed by atoms with Gasteiger partial charge in [0, 0.05) is 29.7 Å². The summed E-state index contributed by atoms with van der Waals surface area (Å²) in [7, 11) is 1.49. The van der Waals surface area contributed by atoms with Crippen LogP contribution in [0.15, 0.2) is 65.5 Å². The van der Waals surface area contributed by atoms with E-state index in [1.54, 1.807) is 36.8 Å². The summed E-state index contributed by atoms with van der Waals surface area (Å²) in [6, 6.07) is 12.1. The molecule has 3 amide bonds. The van der Waals surface area contributed by atoms with Crippen LogP contribution in [0.4, 0.5) is 11.4 Å². The zero-order chi connectivity index (χ0) is 30.4. The quantitative estimate of drug-likeness (QED) is 0.182. The molecule has 7 N–H and O–H groups in total. The summed E-state index contributed by atoms with van der Waals surface area (Å²) in [4.78, 5) is 56.0. The first-order valence-electron chi connectivity index (χ1n) is 12.0. The molecule has 218 valence electrons. The Morgan fingerprint density at radius 2 is 1.66 bits per heavy atom. The van der Waals surface area contributed by atoms with Crippen LogP contribution < -0.4 is 21.7 Å². The maximum absolute atomic E-state index is 12.1. The topological polar surface area (TPSA) is 210 Å². The van der Waals surface area contributed by atoms with Gasteiger partial charge in [0.25, 0.3) is 0 Å². The molecule has 2 aromatic carbocycles. The Labute approximate surface area is 239 Å². The van der Waals surface area contributed by atoms with E-state index in [1.807, 2.05) is 6.07 Å². The maximum Gasteiger partial charge on any atom is 0.337 e. The van der Waals surface area contributed by atoms with E-state index >= 15 is 0 Å². The van der Waals surface area contributed by atoms with Crippen LogP contribution in [0.5, 0.6) is 0 Å². The Balaban J connectivity index is 0.000000454. The van der Waals surface area contributed by atoms with E-state index in [0.717, 1.165) is 11.1 Å². The third kappa shape index (κ3) is 11.5. The van der Waals surface area contributed by atoms with E-state index in [4.69, 9.17) is 31.6 Å². The number of anilines is 2. The maximum atomic E-state index is 12.1. The highest BCUT2D eigenvalue weighted by molar-refractivity contribution is 6.31. The number of halogens is 1. The molecule has 3 aromatic rings. The second kappa shape index (κ2) is 16.4. The zero-order valence-electron chi connectivity index (χ0n) is 21.9. The fraction of sp³-hybridized carbons (Fsp3) is 0.222. The van der Waals surface area contributed by atoms with Crippen LogP contribution in [0.25, 0.3) is 11.1 Å². The molecule has 14 heteroatoms. The van der Waals surface area contributed by atoms with E-state index in [1.165, 1.54) is 25.2 Å². The number of ether oxygens (including phenoxy) is 1. The molecular weight excluding hydrogens is 560 g/mol. The number of aromatic carboxylic acids is 1. The lowest BCUT2D eigenvalue weighted by Crippen LogP contribution is -2.31. The van der Waals surface area contributed by atoms with Gasteiger partial charge in [0.1, 0.15) is 19.3 Å². The Morgan fingerprint density at radius 1 is 0.951 bits per heavy atom. The SMILES string of the molecule is CNC(=O)CC[C@@H](N)C(=O)O.O=C(COCC(=O)Nc1ccc(Cl)cc1C(=O)O)Nc1cccc(-c2ccoc2)c1. The van der Waals surface area contributed by atoms with Gasteiger partial charge >= 0.3 is 11.9 Å². The van der Waals surface area contributed by atoms with Gasteiger partial charge in [0.05, 0.1) is 23.8 Å². The van der Waals surface area contributed by atoms with Gasteiger partial charge in [-0.3, -0.25) is 19.2 Å². The second-order valence-corrected chi connectivity index (χ2v) is 8.77. The molecule has 0 bridgehead atoms. The summed E-state index contributed by atoms with van der Waals surface area (Å²) in [6.45, 7) is -0.778. The van der Waals surface area contributed by atoms with Gasteiger partial charge in [0.15, 0.2) is 0 Å². The van der Waals surface area contributed by atoms with Crippen molar-refractivity contribution in [1.29, 1.82) is 0 Å². The molecular formula is C27H29ClN4O9. The van der Waals surface area contributed by atoms with Crippen LogP contribution in [0.2, 0.25) is 5.02 Å². The average Bonchev–Trinajstić information content (AvgIpc) is 3.48. The summed E-state index contributed by atoms with van der Waals surface area (Å²) in [5, 5.41) is 25.2. The molecule has 1 atom stereocenters. The zero-order valence-corrected chi connectivity index (χ0v) is 22.6. The van der Waals surface area contributed by atoms with Gasteiger partial charge in [-0.25, -0.2) is 4.79 Å². The molecule has 3 rings (SSSR count). The number of rotatable bonds is 12. The van der Waals surface area contributed by atoms with Crippen molar-refractivity contribution >= 4 is 52.6 Å². The van der Waals surface area contributed by atoms with Crippen LogP contribution in [-0.4, -0.2) is 66.2 Å². The Hall–Kier alpha value is -4.72. The molecule has 0 aliphatic rings. The normalized spacial score (nSPS) is 10.9. The first-order chi connectivity index (χ1) is 19.5. The number of carbonyl (C=O) groups is 5. The molecule has 13 nitrogen and oxygen atoms in total. The lowest BCUT2D eigenvalue weighted by atomic mass is 10.1. The molecule has 1 heterocycles. The predicted molar refractivity (Wildman–Crippen MR) is 150 cm³/mol. The lowest BCUT2D eigenvalue weighted by molar-refractivity contribution is -0.138. The highest BCUT2D eigenvalue weighted by atomic mass is 35.5. The van der Waals surface area contributed by atoms with Crippen molar-refractivity contribution in [3.8, 4) is 11.1 Å². The third-order valence-corrected chi connectivity index (χ3v) is 5.47. The number of aliphatic carboxylic acids is 1. The molecule has 0 saturated heterocycles. The second-order valence-electron chi connectivity index (χ2n) is 8.33. The van der Waals surface area contributed by atoms with E-state index in [-0.39, 0.29) is 41.6 Å². The summed E-state index contributed by atoms with van der Waals surface area (Å²) in [6.07, 6.45) is 3.49. The number of nitrogens with one attached hydrogen (secondary N) is 3. The molecule has 0 aliphatic carbocycles. The number of nitrogens with two attached hydrogens (primary N) is 1. The monoisotopic (exact) mass is 588 g/mol. The van der Waals surface area contributed by atoms with Gasteiger partial charge in [-0.15, -0.1) is 0 Å². The molecule has 41 heavy (non-hydrogen) atoms. The summed E-state index contributed by atoms with van der Waals surface area (Å²) in [5.74, 6) is -3.54. The number of furan rings is 1. The van der Waals surface area contributed by atoms with Gasteiger partial charge in [-0.2, -0.15) is 0 Å². The summed E-state index contributed by atoms with van der Waals surface area (Å²) in [5.41, 5.74) is 7.40. The van der Waals surface area contributed by atoms with Crippen LogP contribution in [0, 0.1) is 0 Å². The average molecular weight is 589 g/mol. The van der Waals surface area contributed by atoms with Crippen LogP contribution in [0.3, 0.4) is 0 Å². The number of benzene rings is 2. The minimum Gasteiger partial charge on any atom is -0.480 e. The molecule has 0 radical (unpaired) electrons. The van der Waals surface area contributed by atoms with Crippen molar-refractivity contribution in [2.24, 2.45) is 5.73 Å². The number of carboxylic acids is 2. The summed E-state index contributed by atoms with van der Waals surface area (Å²) >= 11 is 5.77. The van der Waals surface area contributed by atoms with E-state index in [9.17, 15) is 29.1 Å². The first kappa shape index (κ1) is 32.5. The minimum atomic E-state index is -1.23. The minimum absolute atomic E-state index is 0.0843. The largest absolute Gasteiger partial charge is 0.480 e. The fourth-order valence-corrected chi connectivity index (χ4v) is 3.33. The molecule has 0 unspecified atom stereocenters. The lowest BCUT2D eigenvalue weighted by Gasteiger charge is -2.10. The van der Waals surface area contributed by atoms with Crippen molar-refractivity contribution < 1.29 is 43.3 Å². The van der Waals surface area contributed by atoms with Crippen LogP contribution in [-0.2, 0) is 23.9 Å². The molecule has 0 spiro atoms. The van der Waals surface area contributed by atoms with Gasteiger partial charge in [0.2, 0.25) is 17.7 Å². The highest BCUT2D eigenvalue weighted by Crippen LogP contribution is 2.23. The van der Waals surface area contributed by atoms with Crippen molar-refractivity contribution in [3.63, 3.8) is 0 Å². The number of amides is 3. The standard InChI is InChI=1S/C21H17ClN2O6.C6H12N2O3/c22-15-4-5-18(17(9-15)21(27)28)24-20(26)12-30-11-19(25)23-16-3-1-2-13(8-16)14-6-7-29-10-14;1-8-5(9)3-2-4(7)6(10)11/h1-10H,11-12H2,(H,23,25)(H,24,26)(H,27,28);4H,2-3,7H2,1H3,(H,8,9)(H,10,11)/t;4-/m.1/s1. The Morgan fingerprint density at radius 3 is 2.27 bits per heavy atom. The van der Waals surface area contributed by atoms with E-state index < -0.39 is 36.4 Å². The van der Waals surface area contributed by atoms with Crippen LogP contribution in [0.1, 0.15) is 23.2 Å².